The Labute approximate surface area is 120 Å². The first-order chi connectivity index (χ1) is 8.46. The molecule has 2 rings (SSSR count). The van der Waals surface area contributed by atoms with E-state index in [4.69, 9.17) is 0 Å². The molecule has 0 atom stereocenters. The largest absolute Gasteiger partial charge is 0.306 e. The van der Waals surface area contributed by atoms with Crippen molar-refractivity contribution in [2.75, 3.05) is 0 Å². The number of hydrogen-bond donors (Lipinski definition) is 1. The molecule has 19 heavy (non-hydrogen) atoms. The van der Waals surface area contributed by atoms with E-state index in [1.54, 1.807) is 4.80 Å². The van der Waals surface area contributed by atoms with Gasteiger partial charge in [-0.2, -0.15) is 15.0 Å². The number of hydrogen-bond acceptors (Lipinski definition) is 3. The van der Waals surface area contributed by atoms with Crippen LogP contribution in [0.15, 0.2) is 30.3 Å². The van der Waals surface area contributed by atoms with Crippen LogP contribution < -0.4 is 5.32 Å². The van der Waals surface area contributed by atoms with Gasteiger partial charge in [0.05, 0.1) is 0 Å². The van der Waals surface area contributed by atoms with Gasteiger partial charge < -0.3 is 5.32 Å². The lowest BCUT2D eigenvalue weighted by molar-refractivity contribution is 0.420. The lowest BCUT2D eigenvalue weighted by atomic mass is 10.1. The summed E-state index contributed by atoms with van der Waals surface area (Å²) in [6.07, 6.45) is 0. The van der Waals surface area contributed by atoms with E-state index in [9.17, 15) is 0 Å². The summed E-state index contributed by atoms with van der Waals surface area (Å²) in [5, 5.41) is 12.3. The normalized spacial score (nSPS) is 11.2. The molecule has 0 fully saturated rings. The third kappa shape index (κ3) is 4.33. The Bertz CT molecular complexity index is 514. The first-order valence-corrected chi connectivity index (χ1v) is 6.16. The molecule has 2 aromatic rings. The Balaban J connectivity index is 0.00000180. The molecule has 0 saturated heterocycles. The molecular formula is C14H21ClN4. The maximum Gasteiger partial charge on any atom is 0.117 e. The van der Waals surface area contributed by atoms with Crippen LogP contribution in [0.4, 0.5) is 0 Å². The Hall–Kier alpha value is -1.39. The van der Waals surface area contributed by atoms with Gasteiger partial charge in [0.25, 0.3) is 0 Å². The SMILES string of the molecule is Cl.Cn1nc(CNC(C)(C)C)c(-c2ccccc2)n1. The van der Waals surface area contributed by atoms with Gasteiger partial charge in [-0.25, -0.2) is 0 Å². The van der Waals surface area contributed by atoms with Gasteiger partial charge in [-0.15, -0.1) is 12.4 Å². The number of nitrogens with one attached hydrogen (secondary N) is 1. The summed E-state index contributed by atoms with van der Waals surface area (Å²) in [5.74, 6) is 0. The average Bonchev–Trinajstić information content (AvgIpc) is 2.68. The molecule has 104 valence electrons. The summed E-state index contributed by atoms with van der Waals surface area (Å²) >= 11 is 0. The third-order valence-corrected chi connectivity index (χ3v) is 2.62. The van der Waals surface area contributed by atoms with Crippen LogP contribution >= 0.6 is 12.4 Å². The van der Waals surface area contributed by atoms with Crippen LogP contribution in [-0.4, -0.2) is 20.5 Å². The van der Waals surface area contributed by atoms with Gasteiger partial charge >= 0.3 is 0 Å². The zero-order valence-corrected chi connectivity index (χ0v) is 12.7. The highest BCUT2D eigenvalue weighted by atomic mass is 35.5. The second-order valence-electron chi connectivity index (χ2n) is 5.45. The van der Waals surface area contributed by atoms with Crippen molar-refractivity contribution in [3.05, 3.63) is 36.0 Å². The minimum atomic E-state index is 0. The number of aryl methyl sites for hydroxylation is 1. The molecule has 0 radical (unpaired) electrons. The number of nitrogens with zero attached hydrogens (tertiary/aromatic N) is 3. The van der Waals surface area contributed by atoms with Crippen molar-refractivity contribution in [3.63, 3.8) is 0 Å². The Morgan fingerprint density at radius 1 is 1.11 bits per heavy atom. The van der Waals surface area contributed by atoms with Crippen LogP contribution in [0.1, 0.15) is 26.5 Å². The minimum absolute atomic E-state index is 0. The van der Waals surface area contributed by atoms with Crippen LogP contribution in [0.25, 0.3) is 11.3 Å². The Morgan fingerprint density at radius 2 is 1.74 bits per heavy atom. The topological polar surface area (TPSA) is 42.7 Å². The number of rotatable bonds is 3. The smallest absolute Gasteiger partial charge is 0.117 e. The molecule has 5 heteroatoms. The average molecular weight is 281 g/mol. The standard InChI is InChI=1S/C14H20N4.ClH/c1-14(2,3)15-10-12-13(17-18(4)16-12)11-8-6-5-7-9-11;/h5-9,15H,10H2,1-4H3;1H. The maximum atomic E-state index is 4.45. The van der Waals surface area contributed by atoms with Crippen LogP contribution in [0.2, 0.25) is 0 Å². The Kier molecular flexibility index (Phi) is 5.09. The van der Waals surface area contributed by atoms with E-state index in [-0.39, 0.29) is 17.9 Å². The van der Waals surface area contributed by atoms with Crippen LogP contribution in [0, 0.1) is 0 Å². The van der Waals surface area contributed by atoms with Gasteiger partial charge in [0.2, 0.25) is 0 Å². The highest BCUT2D eigenvalue weighted by molar-refractivity contribution is 5.85. The van der Waals surface area contributed by atoms with Crippen molar-refractivity contribution in [1.29, 1.82) is 0 Å². The van der Waals surface area contributed by atoms with E-state index in [0.717, 1.165) is 23.5 Å². The molecule has 4 nitrogen and oxygen atoms in total. The number of halogens is 1. The van der Waals surface area contributed by atoms with E-state index in [1.165, 1.54) is 0 Å². The van der Waals surface area contributed by atoms with Crippen LogP contribution in [-0.2, 0) is 13.6 Å². The molecule has 0 aliphatic heterocycles. The van der Waals surface area contributed by atoms with Crippen LogP contribution in [0.5, 0.6) is 0 Å². The van der Waals surface area contributed by atoms with E-state index in [1.807, 2.05) is 25.2 Å². The van der Waals surface area contributed by atoms with Crippen molar-refractivity contribution < 1.29 is 0 Å². The summed E-state index contributed by atoms with van der Waals surface area (Å²) in [5.41, 5.74) is 3.12. The van der Waals surface area contributed by atoms with Gasteiger partial charge in [0.15, 0.2) is 0 Å². The van der Waals surface area contributed by atoms with Crippen molar-refractivity contribution in [2.45, 2.75) is 32.9 Å². The van der Waals surface area contributed by atoms with Gasteiger partial charge in [-0.05, 0) is 20.8 Å². The molecular weight excluding hydrogens is 260 g/mol. The van der Waals surface area contributed by atoms with Gasteiger partial charge in [0.1, 0.15) is 11.4 Å². The molecule has 1 heterocycles. The summed E-state index contributed by atoms with van der Waals surface area (Å²) in [6, 6.07) is 10.2. The predicted octanol–water partition coefficient (Wildman–Crippen LogP) is 2.79. The van der Waals surface area contributed by atoms with E-state index in [0.29, 0.717) is 0 Å². The molecule has 0 aliphatic carbocycles. The van der Waals surface area contributed by atoms with Gasteiger partial charge in [-0.3, -0.25) is 0 Å². The molecule has 0 unspecified atom stereocenters. The fraction of sp³-hybridized carbons (Fsp3) is 0.429. The summed E-state index contributed by atoms with van der Waals surface area (Å²) in [7, 11) is 1.85. The predicted molar refractivity (Wildman–Crippen MR) is 80.3 cm³/mol. The van der Waals surface area contributed by atoms with E-state index < -0.39 is 0 Å². The van der Waals surface area contributed by atoms with Gasteiger partial charge in [0, 0.05) is 24.7 Å². The molecule has 0 aliphatic rings. The lowest BCUT2D eigenvalue weighted by Crippen LogP contribution is -2.35. The first-order valence-electron chi connectivity index (χ1n) is 6.16. The summed E-state index contributed by atoms with van der Waals surface area (Å²) in [4.78, 5) is 1.63. The molecule has 1 aromatic carbocycles. The molecule has 1 aromatic heterocycles. The van der Waals surface area contributed by atoms with Crippen molar-refractivity contribution in [3.8, 4) is 11.3 Å². The fourth-order valence-corrected chi connectivity index (χ4v) is 1.74. The molecule has 0 bridgehead atoms. The lowest BCUT2D eigenvalue weighted by Gasteiger charge is -2.19. The summed E-state index contributed by atoms with van der Waals surface area (Å²) < 4.78 is 0. The van der Waals surface area contributed by atoms with Crippen LogP contribution in [0.3, 0.4) is 0 Å². The monoisotopic (exact) mass is 280 g/mol. The summed E-state index contributed by atoms with van der Waals surface area (Å²) in [6.45, 7) is 7.16. The Morgan fingerprint density at radius 3 is 2.32 bits per heavy atom. The van der Waals surface area contributed by atoms with Crippen molar-refractivity contribution in [2.24, 2.45) is 7.05 Å². The molecule has 1 N–H and O–H groups in total. The van der Waals surface area contributed by atoms with Crippen molar-refractivity contribution >= 4 is 12.4 Å². The maximum absolute atomic E-state index is 4.45. The van der Waals surface area contributed by atoms with E-state index in [2.05, 4.69) is 48.4 Å². The zero-order chi connectivity index (χ0) is 13.2. The highest BCUT2D eigenvalue weighted by Crippen LogP contribution is 2.19. The quantitative estimate of drug-likeness (QED) is 0.940. The molecule has 0 spiro atoms. The second kappa shape index (κ2) is 6.17. The number of aromatic nitrogens is 3. The molecule has 0 saturated carbocycles. The zero-order valence-electron chi connectivity index (χ0n) is 11.8. The fourth-order valence-electron chi connectivity index (χ4n) is 1.74. The first kappa shape index (κ1) is 15.7. The number of benzene rings is 1. The molecule has 0 amide bonds. The second-order valence-corrected chi connectivity index (χ2v) is 5.45. The van der Waals surface area contributed by atoms with Gasteiger partial charge in [-0.1, -0.05) is 30.3 Å². The van der Waals surface area contributed by atoms with Crippen molar-refractivity contribution in [1.82, 2.24) is 20.3 Å². The minimum Gasteiger partial charge on any atom is -0.306 e. The highest BCUT2D eigenvalue weighted by Gasteiger charge is 2.15. The third-order valence-electron chi connectivity index (χ3n) is 2.62. The van der Waals surface area contributed by atoms with E-state index >= 15 is 0 Å².